The van der Waals surface area contributed by atoms with Gasteiger partial charge in [0.25, 0.3) is 0 Å². The minimum absolute atomic E-state index is 0.0104. The highest BCUT2D eigenvalue weighted by Gasteiger charge is 2.23. The fraction of sp³-hybridized carbons (Fsp3) is 0. The van der Waals surface area contributed by atoms with E-state index < -0.39 is 0 Å². The van der Waals surface area contributed by atoms with Crippen LogP contribution in [0.2, 0.25) is 0 Å². The van der Waals surface area contributed by atoms with Crippen LogP contribution in [0, 0.1) is 3.57 Å². The zero-order valence-corrected chi connectivity index (χ0v) is 17.5. The third-order valence-electron chi connectivity index (χ3n) is 3.66. The fourth-order valence-electron chi connectivity index (χ4n) is 2.72. The van der Waals surface area contributed by atoms with E-state index in [1.54, 1.807) is 0 Å². The van der Waals surface area contributed by atoms with Crippen molar-refractivity contribution in [1.29, 1.82) is 0 Å². The summed E-state index contributed by atoms with van der Waals surface area (Å²) in [6.07, 6.45) is 0. The van der Waals surface area contributed by atoms with E-state index in [9.17, 15) is 0 Å². The molecule has 0 radical (unpaired) electrons. The summed E-state index contributed by atoms with van der Waals surface area (Å²) in [6, 6.07) is 22.2. The predicted molar refractivity (Wildman–Crippen MR) is 113 cm³/mol. The molecular weight excluding hydrogens is 535 g/mol. The van der Waals surface area contributed by atoms with Gasteiger partial charge in [0.2, 0.25) is 0 Å². The average Bonchev–Trinajstić information content (AvgIpc) is 2.81. The van der Waals surface area contributed by atoms with Gasteiger partial charge in [0.1, 0.15) is 0 Å². The Morgan fingerprint density at radius 1 is 0.682 bits per heavy atom. The van der Waals surface area contributed by atoms with Crippen LogP contribution in [-0.4, -0.2) is 0 Å². The molecule has 0 atom stereocenters. The van der Waals surface area contributed by atoms with Crippen LogP contribution in [0.3, 0.4) is 0 Å². The summed E-state index contributed by atoms with van der Waals surface area (Å²) in [5.41, 5.74) is 0. The smallest absolute Gasteiger partial charge is 0.0508 e. The van der Waals surface area contributed by atoms with Crippen molar-refractivity contribution in [2.75, 3.05) is 0 Å². The lowest BCUT2D eigenvalue weighted by molar-refractivity contribution is 1.68. The van der Waals surface area contributed by atoms with Gasteiger partial charge in [-0.15, -0.1) is 0 Å². The number of benzene rings is 3. The number of hydrogen-bond donors (Lipinski definition) is 0. The molecule has 108 valence electrons. The Balaban J connectivity index is 2.17. The number of hydrogen-bond acceptors (Lipinski definition) is 0. The fourth-order valence-corrected chi connectivity index (χ4v) is 6.15. The van der Waals surface area contributed by atoms with Crippen molar-refractivity contribution in [3.63, 3.8) is 0 Å². The zero-order chi connectivity index (χ0) is 15.3. The third kappa shape index (κ3) is 2.54. The second-order valence-electron chi connectivity index (χ2n) is 5.04. The molecule has 0 amide bonds. The highest BCUT2D eigenvalue weighted by atomic mass is 127. The van der Waals surface area contributed by atoms with Gasteiger partial charge >= 0.3 is 0 Å². The van der Waals surface area contributed by atoms with E-state index in [0.29, 0.717) is 0 Å². The second kappa shape index (κ2) is 5.89. The van der Waals surface area contributed by atoms with Gasteiger partial charge in [-0.1, -0.05) is 31.9 Å². The minimum Gasteiger partial charge on any atom is -0.0508 e. The number of fused-ring (bicyclic) bond motifs is 3. The lowest BCUT2D eigenvalue weighted by Gasteiger charge is -1.94. The standard InChI is InChI=1S/C18H10Br2IS/c19-11-1-7-17-15(9-11)16-10-12(20)2-8-18(16)22(17)14-5-3-13(21)4-6-14/h1-10H/q+1. The van der Waals surface area contributed by atoms with Crippen molar-refractivity contribution in [2.24, 2.45) is 0 Å². The van der Waals surface area contributed by atoms with E-state index in [2.05, 4.69) is 115 Å². The van der Waals surface area contributed by atoms with Gasteiger partial charge in [0.15, 0.2) is 14.3 Å². The van der Waals surface area contributed by atoms with Crippen LogP contribution in [0.4, 0.5) is 0 Å². The Morgan fingerprint density at radius 2 is 1.18 bits per heavy atom. The lowest BCUT2D eigenvalue weighted by Crippen LogP contribution is -1.72. The maximum Gasteiger partial charge on any atom is 0.187 e. The first-order chi connectivity index (χ1) is 10.6. The van der Waals surface area contributed by atoms with Crippen molar-refractivity contribution in [2.45, 2.75) is 0 Å². The number of rotatable bonds is 1. The molecule has 0 nitrogen and oxygen atoms in total. The van der Waals surface area contributed by atoms with Crippen LogP contribution in [0.25, 0.3) is 25.1 Å². The average molecular weight is 545 g/mol. The largest absolute Gasteiger partial charge is 0.187 e. The summed E-state index contributed by atoms with van der Waals surface area (Å²) in [7, 11) is -0.0104. The molecule has 1 aromatic heterocycles. The first-order valence-corrected chi connectivity index (χ1v) is 10.6. The van der Waals surface area contributed by atoms with Crippen LogP contribution in [-0.2, 0) is 0 Å². The summed E-state index contributed by atoms with van der Waals surface area (Å²) in [5.74, 6) is 0. The summed E-state index contributed by atoms with van der Waals surface area (Å²) >= 11 is 9.58. The van der Waals surface area contributed by atoms with Crippen molar-refractivity contribution in [3.8, 4) is 4.90 Å². The molecule has 0 N–H and O–H groups in total. The highest BCUT2D eigenvalue weighted by molar-refractivity contribution is 14.1. The van der Waals surface area contributed by atoms with Crippen LogP contribution in [0.15, 0.2) is 69.6 Å². The topological polar surface area (TPSA) is 0 Å². The molecule has 0 saturated carbocycles. The Morgan fingerprint density at radius 3 is 1.68 bits per heavy atom. The van der Waals surface area contributed by atoms with Crippen molar-refractivity contribution < 1.29 is 0 Å². The Kier molecular flexibility index (Phi) is 4.05. The maximum absolute atomic E-state index is 3.61. The van der Waals surface area contributed by atoms with E-state index in [1.807, 2.05) is 0 Å². The predicted octanol–water partition coefficient (Wildman–Crippen LogP) is 7.86. The van der Waals surface area contributed by atoms with Gasteiger partial charge in [0, 0.05) is 45.9 Å². The van der Waals surface area contributed by atoms with E-state index in [4.69, 9.17) is 0 Å². The molecule has 0 saturated heterocycles. The molecule has 1 heterocycles. The zero-order valence-electron chi connectivity index (χ0n) is 11.3. The molecule has 0 spiro atoms. The first kappa shape index (κ1) is 15.1. The molecule has 0 unspecified atom stereocenters. The van der Waals surface area contributed by atoms with Crippen LogP contribution in [0.5, 0.6) is 0 Å². The van der Waals surface area contributed by atoms with Gasteiger partial charge < -0.3 is 0 Å². The third-order valence-corrected chi connectivity index (χ3v) is 7.70. The SMILES string of the molecule is Brc1ccc2c(c1)c1cc(Br)ccc1[s+]2-c1ccc(I)cc1. The molecule has 0 fully saturated rings. The van der Waals surface area contributed by atoms with Gasteiger partial charge in [0.05, 0.1) is 0 Å². The van der Waals surface area contributed by atoms with Crippen molar-refractivity contribution in [3.05, 3.63) is 73.2 Å². The van der Waals surface area contributed by atoms with E-state index in [-0.39, 0.29) is 10.5 Å². The normalized spacial score (nSPS) is 11.4. The summed E-state index contributed by atoms with van der Waals surface area (Å²) < 4.78 is 6.36. The first-order valence-electron chi connectivity index (χ1n) is 6.73. The highest BCUT2D eigenvalue weighted by Crippen LogP contribution is 2.49. The second-order valence-corrected chi connectivity index (χ2v) is 10.1. The molecule has 4 rings (SSSR count). The van der Waals surface area contributed by atoms with E-state index in [0.717, 1.165) is 8.95 Å². The summed E-state index contributed by atoms with van der Waals surface area (Å²) in [5, 5.41) is 2.68. The maximum atomic E-state index is 3.61. The number of halogens is 3. The molecule has 22 heavy (non-hydrogen) atoms. The van der Waals surface area contributed by atoms with Crippen molar-refractivity contribution >= 4 is 85.1 Å². The number of thiophene rings is 1. The molecule has 4 aromatic rings. The van der Waals surface area contributed by atoms with Crippen molar-refractivity contribution in [1.82, 2.24) is 0 Å². The quantitative estimate of drug-likeness (QED) is 0.169. The lowest BCUT2D eigenvalue weighted by atomic mass is 10.2. The minimum atomic E-state index is -0.0104. The van der Waals surface area contributed by atoms with E-state index in [1.165, 1.54) is 28.6 Å². The summed E-state index contributed by atoms with van der Waals surface area (Å²) in [6.45, 7) is 0. The monoisotopic (exact) mass is 543 g/mol. The van der Waals surface area contributed by atoms with Gasteiger partial charge in [-0.3, -0.25) is 0 Å². The summed E-state index contributed by atoms with van der Waals surface area (Å²) in [4.78, 5) is 1.38. The van der Waals surface area contributed by atoms with Crippen LogP contribution in [0.1, 0.15) is 0 Å². The van der Waals surface area contributed by atoms with Gasteiger partial charge in [-0.2, -0.15) is 0 Å². The Hall–Kier alpha value is -0.430. The van der Waals surface area contributed by atoms with Crippen LogP contribution < -0.4 is 0 Å². The molecule has 0 bridgehead atoms. The molecule has 0 aliphatic carbocycles. The van der Waals surface area contributed by atoms with Gasteiger partial charge in [-0.05, 0) is 71.1 Å². The van der Waals surface area contributed by atoms with Gasteiger partial charge in [-0.25, -0.2) is 0 Å². The molecule has 0 aliphatic rings. The van der Waals surface area contributed by atoms with Crippen LogP contribution >= 0.6 is 64.9 Å². The molecule has 3 aromatic carbocycles. The Bertz CT molecular complexity index is 944. The Labute approximate surface area is 161 Å². The molecule has 4 heteroatoms. The molecular formula is C18H10Br2IS+. The van der Waals surface area contributed by atoms with E-state index >= 15 is 0 Å². The molecule has 0 aliphatic heterocycles.